The quantitative estimate of drug-likeness (QED) is 0.457. The molecule has 0 fully saturated rings. The smallest absolute Gasteiger partial charge is 0.285 e. The lowest BCUT2D eigenvalue weighted by Crippen LogP contribution is -1.94. The van der Waals surface area contributed by atoms with Crippen molar-refractivity contribution in [3.63, 3.8) is 0 Å². The Kier molecular flexibility index (Phi) is 2.32. The van der Waals surface area contributed by atoms with Crippen molar-refractivity contribution in [1.82, 2.24) is 0 Å². The van der Waals surface area contributed by atoms with Crippen LogP contribution in [-0.4, -0.2) is 4.92 Å². The number of anilines is 1. The molecule has 0 heterocycles. The van der Waals surface area contributed by atoms with Crippen LogP contribution in [0, 0.1) is 17.0 Å². The molecule has 0 aliphatic rings. The predicted molar refractivity (Wildman–Crippen MR) is 49.9 cm³/mol. The van der Waals surface area contributed by atoms with Crippen molar-refractivity contribution in [3.8, 4) is 0 Å². The molecular weight excluding hydrogens is 224 g/mol. The summed E-state index contributed by atoms with van der Waals surface area (Å²) in [6.45, 7) is 1.80. The molecule has 1 aromatic carbocycles. The lowest BCUT2D eigenvalue weighted by molar-refractivity contribution is -0.385. The molecule has 0 aliphatic carbocycles. The lowest BCUT2D eigenvalue weighted by atomic mass is 10.2. The fraction of sp³-hybridized carbons (Fsp3) is 0.143. The highest BCUT2D eigenvalue weighted by molar-refractivity contribution is 9.10. The molecule has 0 saturated carbocycles. The van der Waals surface area contributed by atoms with Crippen molar-refractivity contribution in [3.05, 3.63) is 32.3 Å². The van der Waals surface area contributed by atoms with E-state index in [1.54, 1.807) is 13.0 Å². The van der Waals surface area contributed by atoms with Gasteiger partial charge in [0.1, 0.15) is 0 Å². The van der Waals surface area contributed by atoms with E-state index >= 15 is 0 Å². The summed E-state index contributed by atoms with van der Waals surface area (Å²) in [7, 11) is 0. The molecule has 0 aliphatic heterocycles. The van der Waals surface area contributed by atoms with E-state index in [2.05, 4.69) is 15.9 Å². The molecule has 0 amide bonds. The number of nitro benzene ring substituents is 1. The van der Waals surface area contributed by atoms with Gasteiger partial charge in [-0.15, -0.1) is 0 Å². The van der Waals surface area contributed by atoms with Crippen molar-refractivity contribution in [1.29, 1.82) is 0 Å². The van der Waals surface area contributed by atoms with Crippen LogP contribution in [-0.2, 0) is 0 Å². The molecule has 5 heteroatoms. The molecule has 1 rings (SSSR count). The van der Waals surface area contributed by atoms with Crippen molar-refractivity contribution in [2.75, 3.05) is 5.73 Å². The van der Waals surface area contributed by atoms with Gasteiger partial charge in [-0.05, 0) is 34.5 Å². The van der Waals surface area contributed by atoms with Gasteiger partial charge in [-0.25, -0.2) is 0 Å². The Hall–Kier alpha value is -1.10. The minimum atomic E-state index is -0.472. The van der Waals surface area contributed by atoms with E-state index in [0.717, 1.165) is 5.56 Å². The fourth-order valence-electron chi connectivity index (χ4n) is 0.817. The number of hydrogen-bond donors (Lipinski definition) is 1. The number of nitrogens with two attached hydrogens (primary N) is 1. The zero-order valence-electron chi connectivity index (χ0n) is 6.37. The van der Waals surface area contributed by atoms with E-state index in [0.29, 0.717) is 10.2 Å². The number of nitrogens with zero attached hydrogens (tertiary/aromatic N) is 1. The first-order chi connectivity index (χ1) is 5.52. The van der Waals surface area contributed by atoms with Gasteiger partial charge in [0.25, 0.3) is 5.69 Å². The summed E-state index contributed by atoms with van der Waals surface area (Å²) in [6.07, 6.45) is 0. The van der Waals surface area contributed by atoms with Crippen molar-refractivity contribution < 1.29 is 4.92 Å². The van der Waals surface area contributed by atoms with Crippen molar-refractivity contribution >= 4 is 27.3 Å². The number of rotatable bonds is 1. The monoisotopic (exact) mass is 230 g/mol. The number of benzene rings is 1. The van der Waals surface area contributed by atoms with E-state index < -0.39 is 4.92 Å². The Bertz CT molecular complexity index is 338. The predicted octanol–water partition coefficient (Wildman–Crippen LogP) is 2.25. The SMILES string of the molecule is Cc1cc(Br)c([N+](=O)[O-])cc1N. The molecule has 4 nitrogen and oxygen atoms in total. The molecular formula is C7H7BrN2O2. The van der Waals surface area contributed by atoms with Crippen LogP contribution in [0.4, 0.5) is 11.4 Å². The summed E-state index contributed by atoms with van der Waals surface area (Å²) >= 11 is 3.08. The first-order valence-corrected chi connectivity index (χ1v) is 4.01. The van der Waals surface area contributed by atoms with Gasteiger partial charge in [-0.3, -0.25) is 10.1 Å². The van der Waals surface area contributed by atoms with Crippen LogP contribution >= 0.6 is 15.9 Å². The van der Waals surface area contributed by atoms with Gasteiger partial charge < -0.3 is 5.73 Å². The average molecular weight is 231 g/mol. The van der Waals surface area contributed by atoms with Crippen LogP contribution < -0.4 is 5.73 Å². The molecule has 0 aromatic heterocycles. The Balaban J connectivity index is 3.33. The number of hydrogen-bond acceptors (Lipinski definition) is 3. The molecule has 0 unspecified atom stereocenters. The van der Waals surface area contributed by atoms with Crippen LogP contribution in [0.25, 0.3) is 0 Å². The largest absolute Gasteiger partial charge is 0.398 e. The van der Waals surface area contributed by atoms with E-state index in [9.17, 15) is 10.1 Å². The highest BCUT2D eigenvalue weighted by Crippen LogP contribution is 2.29. The summed E-state index contributed by atoms with van der Waals surface area (Å²) in [5, 5.41) is 10.4. The molecule has 64 valence electrons. The maximum Gasteiger partial charge on any atom is 0.285 e. The van der Waals surface area contributed by atoms with Gasteiger partial charge in [0.05, 0.1) is 9.40 Å². The van der Waals surface area contributed by atoms with E-state index in [1.807, 2.05) is 0 Å². The molecule has 0 spiro atoms. The normalized spacial score (nSPS) is 9.83. The highest BCUT2D eigenvalue weighted by atomic mass is 79.9. The maximum atomic E-state index is 10.4. The molecule has 0 bridgehead atoms. The van der Waals surface area contributed by atoms with Crippen LogP contribution in [0.1, 0.15) is 5.56 Å². The van der Waals surface area contributed by atoms with Gasteiger partial charge in [0.2, 0.25) is 0 Å². The Morgan fingerprint density at radius 1 is 1.58 bits per heavy atom. The third kappa shape index (κ3) is 1.55. The van der Waals surface area contributed by atoms with E-state index in [1.165, 1.54) is 6.07 Å². The number of halogens is 1. The van der Waals surface area contributed by atoms with Crippen molar-refractivity contribution in [2.24, 2.45) is 0 Å². The first-order valence-electron chi connectivity index (χ1n) is 3.22. The van der Waals surface area contributed by atoms with Gasteiger partial charge in [-0.2, -0.15) is 0 Å². The highest BCUT2D eigenvalue weighted by Gasteiger charge is 2.12. The molecule has 12 heavy (non-hydrogen) atoms. The summed E-state index contributed by atoms with van der Waals surface area (Å²) in [4.78, 5) is 9.93. The van der Waals surface area contributed by atoms with Gasteiger partial charge in [0, 0.05) is 11.8 Å². The Labute approximate surface area is 77.7 Å². The van der Waals surface area contributed by atoms with E-state index in [4.69, 9.17) is 5.73 Å². The third-order valence-electron chi connectivity index (χ3n) is 1.53. The minimum absolute atomic E-state index is 0.00176. The van der Waals surface area contributed by atoms with E-state index in [-0.39, 0.29) is 5.69 Å². The number of aryl methyl sites for hydroxylation is 1. The zero-order chi connectivity index (χ0) is 9.30. The number of nitrogen functional groups attached to an aromatic ring is 1. The topological polar surface area (TPSA) is 69.2 Å². The summed E-state index contributed by atoms with van der Waals surface area (Å²) in [5.74, 6) is 0. The number of nitro groups is 1. The van der Waals surface area contributed by atoms with Crippen LogP contribution in [0.5, 0.6) is 0 Å². The average Bonchev–Trinajstić information content (AvgIpc) is 1.96. The van der Waals surface area contributed by atoms with Crippen LogP contribution in [0.2, 0.25) is 0 Å². The summed E-state index contributed by atoms with van der Waals surface area (Å²) in [6, 6.07) is 2.98. The summed E-state index contributed by atoms with van der Waals surface area (Å²) < 4.78 is 0.458. The second-order valence-corrected chi connectivity index (χ2v) is 3.27. The molecule has 0 saturated heterocycles. The van der Waals surface area contributed by atoms with Crippen LogP contribution in [0.3, 0.4) is 0 Å². The van der Waals surface area contributed by atoms with Crippen molar-refractivity contribution in [2.45, 2.75) is 6.92 Å². The second kappa shape index (κ2) is 3.10. The van der Waals surface area contributed by atoms with Gasteiger partial charge in [0.15, 0.2) is 0 Å². The Morgan fingerprint density at radius 3 is 2.67 bits per heavy atom. The fourth-order valence-corrected chi connectivity index (χ4v) is 1.42. The molecule has 0 atom stereocenters. The standard InChI is InChI=1S/C7H7BrN2O2/c1-4-2-5(8)7(10(11)12)3-6(4)9/h2-3H,9H2,1H3. The van der Waals surface area contributed by atoms with Gasteiger partial charge in [-0.1, -0.05) is 0 Å². The lowest BCUT2D eigenvalue weighted by Gasteiger charge is -2.00. The maximum absolute atomic E-state index is 10.4. The summed E-state index contributed by atoms with van der Waals surface area (Å²) in [5.41, 5.74) is 6.76. The minimum Gasteiger partial charge on any atom is -0.398 e. The zero-order valence-corrected chi connectivity index (χ0v) is 7.96. The molecule has 2 N–H and O–H groups in total. The Morgan fingerprint density at radius 2 is 2.17 bits per heavy atom. The second-order valence-electron chi connectivity index (χ2n) is 2.42. The molecule has 0 radical (unpaired) electrons. The van der Waals surface area contributed by atoms with Crippen LogP contribution in [0.15, 0.2) is 16.6 Å². The molecule has 1 aromatic rings. The third-order valence-corrected chi connectivity index (χ3v) is 2.17. The first kappa shape index (κ1) is 8.99. The van der Waals surface area contributed by atoms with Gasteiger partial charge >= 0.3 is 0 Å².